The molecule has 1 unspecified atom stereocenters. The Balaban J connectivity index is 1.83. The molecule has 1 aliphatic rings. The molecule has 1 N–H and O–H groups in total. The van der Waals surface area contributed by atoms with Crippen LogP contribution in [-0.4, -0.2) is 38.1 Å². The van der Waals surface area contributed by atoms with E-state index in [-0.39, 0.29) is 22.6 Å². The maximum Gasteiger partial charge on any atom is 0.252 e. The normalized spacial score (nSPS) is 18.1. The number of nitrogens with zero attached hydrogens (tertiary/aromatic N) is 2. The maximum absolute atomic E-state index is 13.3. The lowest BCUT2D eigenvalue weighted by Crippen LogP contribution is -2.54. The molecule has 0 aliphatic carbocycles. The Hall–Kier alpha value is -3.03. The van der Waals surface area contributed by atoms with Gasteiger partial charge in [0.1, 0.15) is 6.33 Å². The molecule has 2 aromatic carbocycles. The van der Waals surface area contributed by atoms with Crippen molar-refractivity contribution < 1.29 is 14.4 Å². The highest BCUT2D eigenvalue weighted by Gasteiger charge is 2.47. The van der Waals surface area contributed by atoms with E-state index in [9.17, 15) is 14.4 Å². The van der Waals surface area contributed by atoms with E-state index in [1.807, 2.05) is 32.0 Å². The Labute approximate surface area is 201 Å². The highest BCUT2D eigenvalue weighted by molar-refractivity contribution is 8.15. The molecule has 1 amide bonds. The van der Waals surface area contributed by atoms with E-state index in [0.717, 1.165) is 39.7 Å². The third-order valence-corrected chi connectivity index (χ3v) is 6.97. The van der Waals surface area contributed by atoms with Crippen molar-refractivity contribution in [3.8, 4) is 22.3 Å². The van der Waals surface area contributed by atoms with Gasteiger partial charge in [-0.25, -0.2) is 9.97 Å². The van der Waals surface area contributed by atoms with Gasteiger partial charge >= 0.3 is 0 Å². The summed E-state index contributed by atoms with van der Waals surface area (Å²) in [7, 11) is 0. The van der Waals surface area contributed by atoms with Gasteiger partial charge in [0, 0.05) is 22.3 Å². The van der Waals surface area contributed by atoms with Crippen molar-refractivity contribution in [1.29, 1.82) is 0 Å². The third-order valence-electron chi connectivity index (χ3n) is 5.64. The molecule has 168 valence electrons. The van der Waals surface area contributed by atoms with Gasteiger partial charge in [0.25, 0.3) is 5.91 Å². The number of carbonyl (C=O) groups excluding carboxylic acids is 3. The number of ketones is 1. The van der Waals surface area contributed by atoms with Gasteiger partial charge in [0.15, 0.2) is 11.3 Å². The number of nitrogens with one attached hydrogen (secondary N) is 1. The highest BCUT2D eigenvalue weighted by atomic mass is 35.5. The highest BCUT2D eigenvalue weighted by Crippen LogP contribution is 2.33. The Bertz CT molecular complexity index is 1240. The quantitative estimate of drug-likeness (QED) is 0.522. The molecule has 0 spiro atoms. The predicted octanol–water partition coefficient (Wildman–Crippen LogP) is 4.92. The van der Waals surface area contributed by atoms with E-state index in [1.165, 1.54) is 13.3 Å². The van der Waals surface area contributed by atoms with Gasteiger partial charge in [-0.2, -0.15) is 0 Å². The second-order valence-electron chi connectivity index (χ2n) is 8.36. The Morgan fingerprint density at radius 1 is 1.09 bits per heavy atom. The number of carbonyl (C=O) groups is 3. The second-order valence-corrected chi connectivity index (χ2v) is 9.75. The van der Waals surface area contributed by atoms with Crippen molar-refractivity contribution in [2.45, 2.75) is 32.2 Å². The largest absolute Gasteiger partial charge is 0.333 e. The molecule has 0 saturated carbocycles. The number of thioether (sulfide) groups is 1. The van der Waals surface area contributed by atoms with Crippen LogP contribution in [0.2, 0.25) is 5.02 Å². The standard InChI is InChI=1S/C25H22ClN3O3S/c1-14(2)22-20(11-27-13-28-22)17-8-16(15-4-6-19(26)7-5-15)9-18(10-17)23(31)29-25(3)21(30)12-33-24(25)32/h4-11,13-14H,12H2,1-3H3,(H,29,31). The molecule has 6 nitrogen and oxygen atoms in total. The minimum Gasteiger partial charge on any atom is -0.333 e. The average Bonchev–Trinajstić information content (AvgIpc) is 3.06. The van der Waals surface area contributed by atoms with Crippen LogP contribution in [0.25, 0.3) is 22.3 Å². The molecule has 2 heterocycles. The molecule has 1 aromatic heterocycles. The van der Waals surface area contributed by atoms with Crippen LogP contribution in [0.3, 0.4) is 0 Å². The van der Waals surface area contributed by atoms with Crippen LogP contribution in [0, 0.1) is 0 Å². The summed E-state index contributed by atoms with van der Waals surface area (Å²) in [4.78, 5) is 46.5. The summed E-state index contributed by atoms with van der Waals surface area (Å²) in [6.45, 7) is 5.54. The molecule has 1 aliphatic heterocycles. The first-order valence-electron chi connectivity index (χ1n) is 10.4. The van der Waals surface area contributed by atoms with Gasteiger partial charge in [-0.05, 0) is 59.9 Å². The Morgan fingerprint density at radius 2 is 1.79 bits per heavy atom. The average molecular weight is 480 g/mol. The van der Waals surface area contributed by atoms with Crippen LogP contribution < -0.4 is 5.32 Å². The van der Waals surface area contributed by atoms with Crippen LogP contribution in [0.5, 0.6) is 0 Å². The molecular formula is C25H22ClN3O3S. The summed E-state index contributed by atoms with van der Waals surface area (Å²) in [6.07, 6.45) is 3.23. The lowest BCUT2D eigenvalue weighted by Gasteiger charge is -2.22. The summed E-state index contributed by atoms with van der Waals surface area (Å²) in [5, 5.41) is 2.92. The van der Waals surface area contributed by atoms with Gasteiger partial charge in [-0.1, -0.05) is 49.3 Å². The van der Waals surface area contributed by atoms with Gasteiger partial charge in [-0.15, -0.1) is 0 Å². The fraction of sp³-hybridized carbons (Fsp3) is 0.240. The molecule has 4 rings (SSSR count). The number of benzene rings is 2. The van der Waals surface area contributed by atoms with Crippen LogP contribution in [0.1, 0.15) is 42.7 Å². The summed E-state index contributed by atoms with van der Waals surface area (Å²) >= 11 is 6.98. The number of aromatic nitrogens is 2. The lowest BCUT2D eigenvalue weighted by molar-refractivity contribution is -0.127. The molecule has 1 saturated heterocycles. The SMILES string of the molecule is CC(C)c1ncncc1-c1cc(C(=O)NC2(C)C(=O)CSC2=O)cc(-c2ccc(Cl)cc2)c1. The monoisotopic (exact) mass is 479 g/mol. The number of hydrogen-bond donors (Lipinski definition) is 1. The van der Waals surface area contributed by atoms with E-state index in [4.69, 9.17) is 11.6 Å². The first-order valence-corrected chi connectivity index (χ1v) is 11.8. The van der Waals surface area contributed by atoms with E-state index < -0.39 is 11.4 Å². The fourth-order valence-corrected chi connectivity index (χ4v) is 4.83. The first-order chi connectivity index (χ1) is 15.7. The zero-order valence-corrected chi connectivity index (χ0v) is 20.0. The summed E-state index contributed by atoms with van der Waals surface area (Å²) in [5.41, 5.74) is 2.89. The van der Waals surface area contributed by atoms with Crippen molar-refractivity contribution in [1.82, 2.24) is 15.3 Å². The minimum absolute atomic E-state index is 0.0603. The van der Waals surface area contributed by atoms with E-state index in [2.05, 4.69) is 15.3 Å². The molecular weight excluding hydrogens is 458 g/mol. The van der Waals surface area contributed by atoms with Crippen molar-refractivity contribution in [3.63, 3.8) is 0 Å². The third kappa shape index (κ3) is 4.56. The van der Waals surface area contributed by atoms with E-state index in [1.54, 1.807) is 30.5 Å². The van der Waals surface area contributed by atoms with Gasteiger partial charge in [0.05, 0.1) is 11.4 Å². The van der Waals surface area contributed by atoms with Crippen molar-refractivity contribution >= 4 is 40.2 Å². The summed E-state index contributed by atoms with van der Waals surface area (Å²) < 4.78 is 0. The van der Waals surface area contributed by atoms with Crippen molar-refractivity contribution in [3.05, 3.63) is 71.3 Å². The Kier molecular flexibility index (Phi) is 6.36. The zero-order chi connectivity index (χ0) is 23.8. The lowest BCUT2D eigenvalue weighted by atomic mass is 9.92. The van der Waals surface area contributed by atoms with Crippen LogP contribution in [0.4, 0.5) is 0 Å². The maximum atomic E-state index is 13.3. The smallest absolute Gasteiger partial charge is 0.252 e. The van der Waals surface area contributed by atoms with Gasteiger partial charge in [-0.3, -0.25) is 14.4 Å². The number of Topliss-reactive ketones (excluding diaryl/α,β-unsaturated/α-hetero) is 1. The summed E-state index contributed by atoms with van der Waals surface area (Å²) in [5.74, 6) is -0.602. The van der Waals surface area contributed by atoms with Crippen molar-refractivity contribution in [2.24, 2.45) is 0 Å². The van der Waals surface area contributed by atoms with Crippen LogP contribution in [0.15, 0.2) is 55.0 Å². The zero-order valence-electron chi connectivity index (χ0n) is 18.4. The molecule has 1 atom stereocenters. The van der Waals surface area contributed by atoms with E-state index >= 15 is 0 Å². The molecule has 0 radical (unpaired) electrons. The number of rotatable bonds is 5. The number of amides is 1. The van der Waals surface area contributed by atoms with Crippen LogP contribution >= 0.6 is 23.4 Å². The summed E-state index contributed by atoms with van der Waals surface area (Å²) in [6, 6.07) is 12.7. The molecule has 3 aromatic rings. The van der Waals surface area contributed by atoms with Gasteiger partial charge < -0.3 is 5.32 Å². The van der Waals surface area contributed by atoms with E-state index in [0.29, 0.717) is 10.6 Å². The predicted molar refractivity (Wildman–Crippen MR) is 130 cm³/mol. The number of hydrogen-bond acceptors (Lipinski definition) is 6. The molecule has 0 bridgehead atoms. The van der Waals surface area contributed by atoms with Gasteiger partial charge in [0.2, 0.25) is 5.12 Å². The second kappa shape index (κ2) is 9.08. The first kappa shape index (κ1) is 23.1. The molecule has 33 heavy (non-hydrogen) atoms. The van der Waals surface area contributed by atoms with Crippen molar-refractivity contribution in [2.75, 3.05) is 5.75 Å². The number of halogens is 1. The van der Waals surface area contributed by atoms with Crippen LogP contribution in [-0.2, 0) is 9.59 Å². The minimum atomic E-state index is -1.53. The molecule has 8 heteroatoms. The topological polar surface area (TPSA) is 89.0 Å². The Morgan fingerprint density at radius 3 is 2.42 bits per heavy atom. The molecule has 1 fully saturated rings. The fourth-order valence-electron chi connectivity index (χ4n) is 3.70.